The highest BCUT2D eigenvalue weighted by molar-refractivity contribution is 14.0. The van der Waals surface area contributed by atoms with Crippen LogP contribution in [0, 0.1) is 6.92 Å². The Morgan fingerprint density at radius 3 is 2.70 bits per heavy atom. The number of thiophene rings is 1. The van der Waals surface area contributed by atoms with E-state index in [9.17, 15) is 0 Å². The lowest BCUT2D eigenvalue weighted by Crippen LogP contribution is -2.43. The summed E-state index contributed by atoms with van der Waals surface area (Å²) in [6, 6.07) is 6.85. The van der Waals surface area contributed by atoms with Gasteiger partial charge in [0, 0.05) is 48.2 Å². The van der Waals surface area contributed by atoms with E-state index in [0.717, 1.165) is 18.9 Å². The molecule has 4 nitrogen and oxygen atoms in total. The van der Waals surface area contributed by atoms with Gasteiger partial charge in [0.2, 0.25) is 0 Å². The maximum atomic E-state index is 4.67. The molecule has 0 saturated carbocycles. The van der Waals surface area contributed by atoms with Crippen molar-refractivity contribution >= 4 is 41.3 Å². The SMILES string of the molecule is CCNC(=NCc1ccn(C)c1)NC(C)Cc1ccc(C)s1.I. The average molecular weight is 446 g/mol. The molecule has 1 unspecified atom stereocenters. The fourth-order valence-electron chi connectivity index (χ4n) is 2.33. The second-order valence-corrected chi connectivity index (χ2v) is 7.01. The Hall–Kier alpha value is -1.02. The molecule has 0 spiro atoms. The van der Waals surface area contributed by atoms with Crippen LogP contribution in [0.4, 0.5) is 0 Å². The first-order valence-corrected chi connectivity index (χ1v) is 8.59. The molecule has 6 heteroatoms. The van der Waals surface area contributed by atoms with Gasteiger partial charge in [0.15, 0.2) is 5.96 Å². The summed E-state index contributed by atoms with van der Waals surface area (Å²) in [6.45, 7) is 8.00. The molecule has 0 bridgehead atoms. The van der Waals surface area contributed by atoms with Crippen LogP contribution in [-0.4, -0.2) is 23.1 Å². The van der Waals surface area contributed by atoms with Crippen LogP contribution in [0.3, 0.4) is 0 Å². The summed E-state index contributed by atoms with van der Waals surface area (Å²) in [5.74, 6) is 0.882. The summed E-state index contributed by atoms with van der Waals surface area (Å²) in [5.41, 5.74) is 1.22. The number of hydrogen-bond donors (Lipinski definition) is 2. The molecule has 0 radical (unpaired) electrons. The van der Waals surface area contributed by atoms with Crippen molar-refractivity contribution in [2.24, 2.45) is 12.0 Å². The number of rotatable bonds is 6. The van der Waals surface area contributed by atoms with E-state index in [0.29, 0.717) is 12.6 Å². The summed E-state index contributed by atoms with van der Waals surface area (Å²) >= 11 is 1.87. The van der Waals surface area contributed by atoms with E-state index in [2.05, 4.69) is 60.8 Å². The quantitative estimate of drug-likeness (QED) is 0.404. The Balaban J connectivity index is 0.00000264. The highest BCUT2D eigenvalue weighted by Crippen LogP contribution is 2.16. The Labute approximate surface area is 160 Å². The highest BCUT2D eigenvalue weighted by atomic mass is 127. The van der Waals surface area contributed by atoms with Crippen LogP contribution in [0.15, 0.2) is 35.6 Å². The van der Waals surface area contributed by atoms with Gasteiger partial charge in [-0.2, -0.15) is 0 Å². The molecule has 128 valence electrons. The van der Waals surface area contributed by atoms with E-state index in [1.807, 2.05) is 29.1 Å². The third-order valence-electron chi connectivity index (χ3n) is 3.34. The van der Waals surface area contributed by atoms with E-state index >= 15 is 0 Å². The lowest BCUT2D eigenvalue weighted by Gasteiger charge is -2.17. The van der Waals surface area contributed by atoms with Gasteiger partial charge in [-0.15, -0.1) is 35.3 Å². The van der Waals surface area contributed by atoms with Crippen molar-refractivity contribution in [3.8, 4) is 0 Å². The lowest BCUT2D eigenvalue weighted by molar-refractivity contribution is 0.645. The van der Waals surface area contributed by atoms with Crippen LogP contribution in [-0.2, 0) is 20.0 Å². The van der Waals surface area contributed by atoms with Crippen LogP contribution in [0.2, 0.25) is 0 Å². The molecule has 2 aromatic rings. The van der Waals surface area contributed by atoms with Gasteiger partial charge in [-0.05, 0) is 44.5 Å². The zero-order chi connectivity index (χ0) is 15.9. The van der Waals surface area contributed by atoms with E-state index in [1.54, 1.807) is 0 Å². The Morgan fingerprint density at radius 1 is 1.35 bits per heavy atom. The first-order chi connectivity index (χ1) is 10.6. The highest BCUT2D eigenvalue weighted by Gasteiger charge is 2.07. The summed E-state index contributed by atoms with van der Waals surface area (Å²) in [5, 5.41) is 6.81. The van der Waals surface area contributed by atoms with Gasteiger partial charge < -0.3 is 15.2 Å². The number of aryl methyl sites for hydroxylation is 2. The monoisotopic (exact) mass is 446 g/mol. The number of hydrogen-bond acceptors (Lipinski definition) is 2. The minimum atomic E-state index is 0. The Bertz CT molecular complexity index is 618. The molecular formula is C17H27IN4S. The molecule has 0 aliphatic heterocycles. The molecule has 0 saturated heterocycles. The third kappa shape index (κ3) is 6.95. The van der Waals surface area contributed by atoms with Crippen molar-refractivity contribution in [2.45, 2.75) is 39.8 Å². The zero-order valence-corrected chi connectivity index (χ0v) is 17.4. The molecule has 0 aromatic carbocycles. The van der Waals surface area contributed by atoms with Gasteiger partial charge >= 0.3 is 0 Å². The molecule has 0 amide bonds. The van der Waals surface area contributed by atoms with Crippen LogP contribution in [0.25, 0.3) is 0 Å². The first kappa shape index (κ1) is 20.0. The topological polar surface area (TPSA) is 41.4 Å². The molecular weight excluding hydrogens is 419 g/mol. The smallest absolute Gasteiger partial charge is 0.191 e. The van der Waals surface area contributed by atoms with Crippen molar-refractivity contribution in [1.82, 2.24) is 15.2 Å². The second-order valence-electron chi connectivity index (χ2n) is 5.64. The van der Waals surface area contributed by atoms with E-state index in [4.69, 9.17) is 0 Å². The van der Waals surface area contributed by atoms with Gasteiger partial charge in [-0.25, -0.2) is 4.99 Å². The second kappa shape index (κ2) is 9.97. The largest absolute Gasteiger partial charge is 0.357 e. The maximum absolute atomic E-state index is 4.67. The number of aromatic nitrogens is 1. The Kier molecular flexibility index (Phi) is 8.68. The van der Waals surface area contributed by atoms with Gasteiger partial charge in [0.05, 0.1) is 6.54 Å². The van der Waals surface area contributed by atoms with Crippen molar-refractivity contribution in [2.75, 3.05) is 6.54 Å². The minimum absolute atomic E-state index is 0. The molecule has 2 N–H and O–H groups in total. The average Bonchev–Trinajstić information content (AvgIpc) is 3.05. The van der Waals surface area contributed by atoms with Crippen LogP contribution in [0.5, 0.6) is 0 Å². The van der Waals surface area contributed by atoms with Crippen molar-refractivity contribution in [3.63, 3.8) is 0 Å². The standard InChI is InChI=1S/C17H26N4S.HI/c1-5-18-17(19-11-15-8-9-21(4)12-15)20-13(2)10-16-7-6-14(3)22-16;/h6-9,12-13H,5,10-11H2,1-4H3,(H2,18,19,20);1H. The van der Waals surface area contributed by atoms with Gasteiger partial charge in [0.1, 0.15) is 0 Å². The molecule has 0 fully saturated rings. The zero-order valence-electron chi connectivity index (χ0n) is 14.3. The summed E-state index contributed by atoms with van der Waals surface area (Å²) in [6.07, 6.45) is 5.17. The summed E-state index contributed by atoms with van der Waals surface area (Å²) in [7, 11) is 2.03. The molecule has 1 atom stereocenters. The normalized spacial score (nSPS) is 12.6. The number of aliphatic imine (C=N–C) groups is 1. The van der Waals surface area contributed by atoms with Gasteiger partial charge in [0.25, 0.3) is 0 Å². The van der Waals surface area contributed by atoms with E-state index in [-0.39, 0.29) is 24.0 Å². The molecule has 0 aliphatic rings. The van der Waals surface area contributed by atoms with Gasteiger partial charge in [-0.1, -0.05) is 0 Å². The maximum Gasteiger partial charge on any atom is 0.191 e. The summed E-state index contributed by atoms with van der Waals surface area (Å²) < 4.78 is 2.05. The van der Waals surface area contributed by atoms with Crippen molar-refractivity contribution in [3.05, 3.63) is 45.9 Å². The number of nitrogens with one attached hydrogen (secondary N) is 2. The third-order valence-corrected chi connectivity index (χ3v) is 4.37. The van der Waals surface area contributed by atoms with Crippen molar-refractivity contribution in [1.29, 1.82) is 0 Å². The minimum Gasteiger partial charge on any atom is -0.357 e. The molecule has 2 heterocycles. The fourth-order valence-corrected chi connectivity index (χ4v) is 3.34. The molecule has 23 heavy (non-hydrogen) atoms. The lowest BCUT2D eigenvalue weighted by atomic mass is 10.2. The van der Waals surface area contributed by atoms with Crippen LogP contribution in [0.1, 0.15) is 29.2 Å². The van der Waals surface area contributed by atoms with Crippen LogP contribution >= 0.6 is 35.3 Å². The van der Waals surface area contributed by atoms with E-state index in [1.165, 1.54) is 15.3 Å². The predicted molar refractivity (Wildman–Crippen MR) is 111 cm³/mol. The molecule has 2 rings (SSSR count). The Morgan fingerprint density at radius 2 is 2.13 bits per heavy atom. The van der Waals surface area contributed by atoms with Crippen LogP contribution < -0.4 is 10.6 Å². The van der Waals surface area contributed by atoms with Gasteiger partial charge in [-0.3, -0.25) is 0 Å². The fraction of sp³-hybridized carbons (Fsp3) is 0.471. The predicted octanol–water partition coefficient (Wildman–Crippen LogP) is 3.70. The number of halogens is 1. The first-order valence-electron chi connectivity index (χ1n) is 7.78. The number of nitrogens with zero attached hydrogens (tertiary/aromatic N) is 2. The molecule has 0 aliphatic carbocycles. The van der Waals surface area contributed by atoms with Crippen molar-refractivity contribution < 1.29 is 0 Å². The summed E-state index contributed by atoms with van der Waals surface area (Å²) in [4.78, 5) is 7.45. The van der Waals surface area contributed by atoms with E-state index < -0.39 is 0 Å². The molecule has 2 aromatic heterocycles. The number of guanidine groups is 1.